The standard InChI is InChI=1S/C25H37ClF2N2O10/c1-11(26)18(22-21(33)20(32)19(31)13(3)38-22)29-23(34)15-6-4-14(5-7-17(27)28)8-9-30(15)24(35)37-10-16-12(2)39-25(36)40-16/h11,13-15,17-22,31-33H,4-10H2,1-3H3,(H,29,34)/t11-,13+,14+,15-,18+,19-,20+,21+,22+/m0/s1. The fraction of sp³-hybridized carbons (Fsp3) is 0.800. The first-order valence-electron chi connectivity index (χ1n) is 13.2. The molecule has 2 aliphatic heterocycles. The molecule has 2 fully saturated rings. The number of halogens is 3. The van der Waals surface area contributed by atoms with Gasteiger partial charge in [-0.2, -0.15) is 0 Å². The summed E-state index contributed by atoms with van der Waals surface area (Å²) >= 11 is 6.35. The third kappa shape index (κ3) is 7.93. The van der Waals surface area contributed by atoms with E-state index in [1.54, 1.807) is 6.92 Å². The summed E-state index contributed by atoms with van der Waals surface area (Å²) in [7, 11) is 0. The van der Waals surface area contributed by atoms with Crippen molar-refractivity contribution in [2.45, 2.75) is 114 Å². The number of hydrogen-bond donors (Lipinski definition) is 4. The number of aliphatic hydroxyl groups is 3. The maximum absolute atomic E-state index is 13.6. The number of aryl methyl sites for hydroxylation is 1. The second-order valence-corrected chi connectivity index (χ2v) is 11.1. The molecular weight excluding hydrogens is 562 g/mol. The lowest BCUT2D eigenvalue weighted by Gasteiger charge is -2.43. The molecule has 0 unspecified atom stereocenters. The minimum atomic E-state index is -2.47. The average Bonchev–Trinajstić information content (AvgIpc) is 3.08. The number of ether oxygens (including phenoxy) is 2. The Labute approximate surface area is 234 Å². The van der Waals surface area contributed by atoms with Gasteiger partial charge >= 0.3 is 11.9 Å². The summed E-state index contributed by atoms with van der Waals surface area (Å²) in [6, 6.07) is -2.12. The van der Waals surface area contributed by atoms with Crippen molar-refractivity contribution in [3.8, 4) is 0 Å². The van der Waals surface area contributed by atoms with Crippen LogP contribution in [0.5, 0.6) is 0 Å². The molecule has 0 saturated carbocycles. The molecule has 2 amide bonds. The van der Waals surface area contributed by atoms with Crippen molar-refractivity contribution in [1.82, 2.24) is 10.2 Å². The third-order valence-corrected chi connectivity index (χ3v) is 7.81. The van der Waals surface area contributed by atoms with Crippen molar-refractivity contribution >= 4 is 23.6 Å². The van der Waals surface area contributed by atoms with E-state index in [9.17, 15) is 38.5 Å². The molecule has 0 aromatic carbocycles. The topological polar surface area (TPSA) is 172 Å². The molecule has 1 aromatic rings. The zero-order valence-electron chi connectivity index (χ0n) is 22.5. The molecule has 9 atom stereocenters. The van der Waals surface area contributed by atoms with Crippen LogP contribution in [0.2, 0.25) is 0 Å². The number of aliphatic hydroxyl groups excluding tert-OH is 3. The lowest BCUT2D eigenvalue weighted by Crippen LogP contribution is -2.65. The van der Waals surface area contributed by atoms with E-state index in [-0.39, 0.29) is 43.2 Å². The van der Waals surface area contributed by atoms with E-state index in [2.05, 4.69) is 5.32 Å². The molecule has 0 radical (unpaired) electrons. The van der Waals surface area contributed by atoms with Crippen LogP contribution in [0, 0.1) is 12.8 Å². The lowest BCUT2D eigenvalue weighted by molar-refractivity contribution is -0.223. The van der Waals surface area contributed by atoms with Crippen molar-refractivity contribution in [2.24, 2.45) is 5.92 Å². The largest absolute Gasteiger partial charge is 0.519 e. The van der Waals surface area contributed by atoms with Crippen LogP contribution in [-0.2, 0) is 20.9 Å². The van der Waals surface area contributed by atoms with Crippen LogP contribution in [0.3, 0.4) is 0 Å². The summed E-state index contributed by atoms with van der Waals surface area (Å²) < 4.78 is 46.3. The number of rotatable bonds is 9. The number of nitrogens with one attached hydrogen (secondary N) is 1. The Kier molecular flexibility index (Phi) is 11.4. The van der Waals surface area contributed by atoms with Crippen LogP contribution in [0.25, 0.3) is 0 Å². The number of hydrogen-bond acceptors (Lipinski definition) is 10. The minimum Gasteiger partial charge on any atom is -0.441 e. The summed E-state index contributed by atoms with van der Waals surface area (Å²) in [5.74, 6) is -1.66. The molecule has 228 valence electrons. The Morgan fingerprint density at radius 2 is 1.85 bits per heavy atom. The highest BCUT2D eigenvalue weighted by molar-refractivity contribution is 6.21. The first-order valence-corrected chi connectivity index (χ1v) is 13.7. The molecule has 0 spiro atoms. The minimum absolute atomic E-state index is 0.00156. The number of likely N-dealkylation sites (tertiary alicyclic amines) is 1. The SMILES string of the molecule is Cc1oc(=O)oc1COC(=O)N1CC[C@@H](CCC(F)F)CC[C@H]1C(=O)N[C@@H]([C@H]1O[C@H](C)[C@H](O)[C@@H](O)[C@H]1O)[C@H](C)Cl. The molecule has 0 aliphatic carbocycles. The van der Waals surface area contributed by atoms with Crippen LogP contribution < -0.4 is 11.1 Å². The highest BCUT2D eigenvalue weighted by atomic mass is 35.5. The van der Waals surface area contributed by atoms with Gasteiger partial charge in [-0.15, -0.1) is 11.6 Å². The van der Waals surface area contributed by atoms with Crippen molar-refractivity contribution in [1.29, 1.82) is 0 Å². The van der Waals surface area contributed by atoms with Crippen molar-refractivity contribution in [3.63, 3.8) is 0 Å². The number of carbonyl (C=O) groups excluding carboxylic acids is 2. The Morgan fingerprint density at radius 1 is 1.15 bits per heavy atom. The van der Waals surface area contributed by atoms with Gasteiger partial charge in [-0.3, -0.25) is 9.69 Å². The Morgan fingerprint density at radius 3 is 2.45 bits per heavy atom. The van der Waals surface area contributed by atoms with Gasteiger partial charge in [0.25, 0.3) is 0 Å². The summed E-state index contributed by atoms with van der Waals surface area (Å²) in [6.45, 7) is 4.10. The van der Waals surface area contributed by atoms with Crippen molar-refractivity contribution < 1.29 is 52.0 Å². The average molecular weight is 599 g/mol. The summed E-state index contributed by atoms with van der Waals surface area (Å²) in [5.41, 5.74) is 0. The van der Waals surface area contributed by atoms with Crippen LogP contribution in [0.4, 0.5) is 13.6 Å². The molecule has 2 aliphatic rings. The van der Waals surface area contributed by atoms with Gasteiger partial charge in [-0.1, -0.05) is 0 Å². The van der Waals surface area contributed by atoms with Crippen LogP contribution in [-0.4, -0.2) is 93.2 Å². The molecule has 0 bridgehead atoms. The van der Waals surface area contributed by atoms with E-state index in [0.29, 0.717) is 12.8 Å². The Hall–Kier alpha value is -2.26. The maximum Gasteiger partial charge on any atom is 0.519 e. The third-order valence-electron chi connectivity index (χ3n) is 7.54. The highest BCUT2D eigenvalue weighted by Gasteiger charge is 2.47. The summed E-state index contributed by atoms with van der Waals surface area (Å²) in [6.07, 6.45) is -9.10. The van der Waals surface area contributed by atoms with Crippen LogP contribution in [0.1, 0.15) is 57.5 Å². The van der Waals surface area contributed by atoms with Gasteiger partial charge in [0.15, 0.2) is 18.1 Å². The number of amides is 2. The van der Waals surface area contributed by atoms with Gasteiger partial charge in [-0.05, 0) is 52.4 Å². The van der Waals surface area contributed by atoms with E-state index in [4.69, 9.17) is 29.9 Å². The van der Waals surface area contributed by atoms with Gasteiger partial charge in [0.2, 0.25) is 12.3 Å². The fourth-order valence-corrected chi connectivity index (χ4v) is 5.33. The maximum atomic E-state index is 13.6. The highest BCUT2D eigenvalue weighted by Crippen LogP contribution is 2.29. The van der Waals surface area contributed by atoms with Gasteiger partial charge in [-0.25, -0.2) is 18.4 Å². The summed E-state index contributed by atoms with van der Waals surface area (Å²) in [5, 5.41) is 32.8. The molecule has 2 saturated heterocycles. The monoisotopic (exact) mass is 598 g/mol. The van der Waals surface area contributed by atoms with Crippen molar-refractivity contribution in [2.75, 3.05) is 6.54 Å². The van der Waals surface area contributed by atoms with E-state index < -0.39 is 78.8 Å². The normalized spacial score (nSPS) is 30.9. The van der Waals surface area contributed by atoms with E-state index >= 15 is 0 Å². The summed E-state index contributed by atoms with van der Waals surface area (Å²) in [4.78, 5) is 39.2. The van der Waals surface area contributed by atoms with E-state index in [1.165, 1.54) is 18.7 Å². The van der Waals surface area contributed by atoms with Crippen LogP contribution >= 0.6 is 11.6 Å². The second kappa shape index (κ2) is 14.1. The zero-order valence-corrected chi connectivity index (χ0v) is 23.3. The molecule has 4 N–H and O–H groups in total. The molecule has 1 aromatic heterocycles. The molecule has 40 heavy (non-hydrogen) atoms. The number of carbonyl (C=O) groups is 2. The fourth-order valence-electron chi connectivity index (χ4n) is 5.13. The number of alkyl halides is 3. The van der Waals surface area contributed by atoms with Gasteiger partial charge < -0.3 is 38.9 Å². The van der Waals surface area contributed by atoms with Gasteiger partial charge in [0.1, 0.15) is 30.5 Å². The first-order chi connectivity index (χ1) is 18.8. The molecule has 3 rings (SSSR count). The Balaban J connectivity index is 1.79. The Bertz CT molecular complexity index is 1050. The van der Waals surface area contributed by atoms with Gasteiger partial charge in [0.05, 0.1) is 17.5 Å². The van der Waals surface area contributed by atoms with E-state index in [0.717, 1.165) is 0 Å². The molecule has 3 heterocycles. The lowest BCUT2D eigenvalue weighted by atomic mass is 9.90. The zero-order chi connectivity index (χ0) is 29.7. The first kappa shape index (κ1) is 32.3. The predicted octanol–water partition coefficient (Wildman–Crippen LogP) is 1.68. The molecule has 15 heteroatoms. The predicted molar refractivity (Wildman–Crippen MR) is 135 cm³/mol. The number of nitrogens with zero attached hydrogens (tertiary/aromatic N) is 1. The van der Waals surface area contributed by atoms with Crippen molar-refractivity contribution in [3.05, 3.63) is 22.1 Å². The second-order valence-electron chi connectivity index (χ2n) is 10.4. The quantitative estimate of drug-likeness (QED) is 0.306. The van der Waals surface area contributed by atoms with Gasteiger partial charge in [0, 0.05) is 13.0 Å². The van der Waals surface area contributed by atoms with Crippen LogP contribution in [0.15, 0.2) is 13.6 Å². The van der Waals surface area contributed by atoms with E-state index in [1.807, 2.05) is 0 Å². The molecular formula is C25H37ClF2N2O10. The smallest absolute Gasteiger partial charge is 0.441 e. The molecule has 12 nitrogen and oxygen atoms in total.